The molecule has 2 heterocycles. The van der Waals surface area contributed by atoms with Crippen LogP contribution in [0.1, 0.15) is 44.7 Å². The molecule has 0 aliphatic rings. The van der Waals surface area contributed by atoms with Gasteiger partial charge in [-0.3, -0.25) is 9.59 Å². The number of benzene rings is 1. The Morgan fingerprint density at radius 2 is 2.10 bits per heavy atom. The average Bonchev–Trinajstić information content (AvgIpc) is 3.33. The van der Waals surface area contributed by atoms with Crippen LogP contribution in [0.15, 0.2) is 36.9 Å². The number of anilines is 1. The first-order chi connectivity index (χ1) is 14.7. The van der Waals surface area contributed by atoms with Crippen molar-refractivity contribution in [2.75, 3.05) is 26.0 Å². The topological polar surface area (TPSA) is 100 Å². The van der Waals surface area contributed by atoms with Crippen LogP contribution in [0.25, 0.3) is 10.2 Å². The highest BCUT2D eigenvalue weighted by Crippen LogP contribution is 2.32. The molecule has 9 heteroatoms. The first-order valence-electron chi connectivity index (χ1n) is 10.2. The van der Waals surface area contributed by atoms with Crippen molar-refractivity contribution in [1.82, 2.24) is 19.4 Å². The lowest BCUT2D eigenvalue weighted by Gasteiger charge is -2.20. The van der Waals surface area contributed by atoms with E-state index in [1.807, 2.05) is 18.6 Å². The molecule has 2 N–H and O–H groups in total. The number of carbonyl (C=O) groups excluding carboxylic acids is 1. The molecule has 166 valence electrons. The van der Waals surface area contributed by atoms with E-state index in [0.717, 1.165) is 35.2 Å². The van der Waals surface area contributed by atoms with Crippen LogP contribution in [-0.2, 0) is 9.59 Å². The summed E-state index contributed by atoms with van der Waals surface area (Å²) < 4.78 is 3.09. The predicted molar refractivity (Wildman–Crippen MR) is 122 cm³/mol. The Morgan fingerprint density at radius 1 is 1.32 bits per heavy atom. The van der Waals surface area contributed by atoms with Crippen LogP contribution in [0.5, 0.6) is 0 Å². The number of aliphatic carboxylic acids is 1. The van der Waals surface area contributed by atoms with Gasteiger partial charge in [-0.15, -0.1) is 0 Å². The molecular formula is C22H29N5O3S. The summed E-state index contributed by atoms with van der Waals surface area (Å²) in [6.45, 7) is 4.08. The van der Waals surface area contributed by atoms with E-state index in [4.69, 9.17) is 0 Å². The van der Waals surface area contributed by atoms with Gasteiger partial charge in [-0.25, -0.2) is 9.97 Å². The van der Waals surface area contributed by atoms with E-state index >= 15 is 0 Å². The second-order valence-electron chi connectivity index (χ2n) is 8.63. The van der Waals surface area contributed by atoms with Crippen LogP contribution in [0.2, 0.25) is 0 Å². The number of aromatic nitrogens is 3. The third kappa shape index (κ3) is 5.89. The van der Waals surface area contributed by atoms with Gasteiger partial charge in [0.2, 0.25) is 5.91 Å². The lowest BCUT2D eigenvalue weighted by Crippen LogP contribution is -2.29. The van der Waals surface area contributed by atoms with Crippen LogP contribution < -0.4 is 5.32 Å². The molecule has 3 aromatic rings. The molecule has 0 radical (unpaired) electrons. The maximum atomic E-state index is 12.3. The SMILES string of the molecule is CN(C)CCCC(c1ccc2nc(NC(=O)CC(C)(C)C(=O)O)sc2c1)n1ccnc1. The Labute approximate surface area is 185 Å². The molecule has 1 amide bonds. The van der Waals surface area contributed by atoms with E-state index in [0.29, 0.717) is 5.13 Å². The van der Waals surface area contributed by atoms with Crippen molar-refractivity contribution < 1.29 is 14.7 Å². The summed E-state index contributed by atoms with van der Waals surface area (Å²) in [5.41, 5.74) is 0.843. The van der Waals surface area contributed by atoms with Crippen molar-refractivity contribution in [2.24, 2.45) is 5.41 Å². The first kappa shape index (κ1) is 22.9. The third-order valence-corrected chi connectivity index (χ3v) is 6.13. The number of hydrogen-bond acceptors (Lipinski definition) is 6. The number of carboxylic acid groups (broad SMARTS) is 1. The molecule has 1 atom stereocenters. The van der Waals surface area contributed by atoms with Gasteiger partial charge in [0.05, 0.1) is 28.0 Å². The number of nitrogens with zero attached hydrogens (tertiary/aromatic N) is 4. The number of carbonyl (C=O) groups is 2. The Kier molecular flexibility index (Phi) is 7.07. The predicted octanol–water partition coefficient (Wildman–Crippen LogP) is 3.86. The highest BCUT2D eigenvalue weighted by molar-refractivity contribution is 7.22. The van der Waals surface area contributed by atoms with Gasteiger partial charge in [-0.2, -0.15) is 0 Å². The van der Waals surface area contributed by atoms with Crippen molar-refractivity contribution in [2.45, 2.75) is 39.2 Å². The zero-order chi connectivity index (χ0) is 22.6. The van der Waals surface area contributed by atoms with Gasteiger partial charge in [0, 0.05) is 18.8 Å². The Hall–Kier alpha value is -2.78. The molecule has 0 aliphatic heterocycles. The zero-order valence-electron chi connectivity index (χ0n) is 18.3. The Balaban J connectivity index is 1.78. The quantitative estimate of drug-likeness (QED) is 0.493. The number of nitrogens with one attached hydrogen (secondary N) is 1. The maximum absolute atomic E-state index is 12.3. The minimum absolute atomic E-state index is 0.113. The summed E-state index contributed by atoms with van der Waals surface area (Å²) >= 11 is 1.39. The number of amides is 1. The van der Waals surface area contributed by atoms with Crippen LogP contribution in [0, 0.1) is 5.41 Å². The smallest absolute Gasteiger partial charge is 0.309 e. The molecule has 1 unspecified atom stereocenters. The van der Waals surface area contributed by atoms with Crippen molar-refractivity contribution in [3.8, 4) is 0 Å². The lowest BCUT2D eigenvalue weighted by molar-refractivity contribution is -0.148. The van der Waals surface area contributed by atoms with Crippen molar-refractivity contribution >= 4 is 38.6 Å². The average molecular weight is 444 g/mol. The number of fused-ring (bicyclic) bond motifs is 1. The molecule has 3 rings (SSSR count). The largest absolute Gasteiger partial charge is 0.481 e. The fraction of sp³-hybridized carbons (Fsp3) is 0.455. The molecule has 0 saturated heterocycles. The molecule has 0 fully saturated rings. The molecular weight excluding hydrogens is 414 g/mol. The van der Waals surface area contributed by atoms with Crippen molar-refractivity contribution in [3.63, 3.8) is 0 Å². The monoisotopic (exact) mass is 443 g/mol. The third-order valence-electron chi connectivity index (χ3n) is 5.19. The van der Waals surface area contributed by atoms with Crippen LogP contribution in [-0.4, -0.2) is 57.1 Å². The standard InChI is InChI=1S/C22H29N5O3S/c1-22(2,20(29)30)13-19(28)25-21-24-16-8-7-15(12-18(16)31-21)17(6-5-10-26(3)4)27-11-9-23-14-27/h7-9,11-12,14,17H,5-6,10,13H2,1-4H3,(H,29,30)(H,24,25,28). The van der Waals surface area contributed by atoms with Crippen molar-refractivity contribution in [3.05, 3.63) is 42.5 Å². The molecule has 0 spiro atoms. The fourth-order valence-electron chi connectivity index (χ4n) is 3.38. The second-order valence-corrected chi connectivity index (χ2v) is 9.66. The zero-order valence-corrected chi connectivity index (χ0v) is 19.1. The number of carboxylic acids is 1. The number of rotatable bonds is 10. The van der Waals surface area contributed by atoms with Gasteiger partial charge in [0.15, 0.2) is 5.13 Å². The van der Waals surface area contributed by atoms with Gasteiger partial charge in [0.25, 0.3) is 0 Å². The van der Waals surface area contributed by atoms with Gasteiger partial charge < -0.3 is 19.9 Å². The highest BCUT2D eigenvalue weighted by Gasteiger charge is 2.30. The van der Waals surface area contributed by atoms with Gasteiger partial charge in [0.1, 0.15) is 0 Å². The summed E-state index contributed by atoms with van der Waals surface area (Å²) in [7, 11) is 4.14. The molecule has 0 bridgehead atoms. The lowest BCUT2D eigenvalue weighted by atomic mass is 9.89. The van der Waals surface area contributed by atoms with E-state index < -0.39 is 11.4 Å². The number of thiazole rings is 1. The molecule has 0 saturated carbocycles. The van der Waals surface area contributed by atoms with E-state index in [2.05, 4.69) is 51.0 Å². The summed E-state index contributed by atoms with van der Waals surface area (Å²) in [4.78, 5) is 34.4. The molecule has 31 heavy (non-hydrogen) atoms. The summed E-state index contributed by atoms with van der Waals surface area (Å²) in [5, 5.41) is 12.4. The molecule has 1 aromatic carbocycles. The molecule has 0 aliphatic carbocycles. The number of hydrogen-bond donors (Lipinski definition) is 2. The summed E-state index contributed by atoms with van der Waals surface area (Å²) in [6, 6.07) is 6.32. The summed E-state index contributed by atoms with van der Waals surface area (Å²) in [5.74, 6) is -1.36. The van der Waals surface area contributed by atoms with Gasteiger partial charge >= 0.3 is 5.97 Å². The minimum atomic E-state index is -1.13. The van der Waals surface area contributed by atoms with Crippen LogP contribution in [0.3, 0.4) is 0 Å². The van der Waals surface area contributed by atoms with Gasteiger partial charge in [-0.1, -0.05) is 17.4 Å². The van der Waals surface area contributed by atoms with E-state index in [1.54, 1.807) is 6.20 Å². The van der Waals surface area contributed by atoms with E-state index in [1.165, 1.54) is 25.2 Å². The fourth-order valence-corrected chi connectivity index (χ4v) is 4.32. The molecule has 2 aromatic heterocycles. The number of imidazole rings is 1. The Bertz CT molecular complexity index is 1040. The Morgan fingerprint density at radius 3 is 2.74 bits per heavy atom. The second kappa shape index (κ2) is 9.57. The van der Waals surface area contributed by atoms with E-state index in [9.17, 15) is 14.7 Å². The first-order valence-corrected chi connectivity index (χ1v) is 11.0. The van der Waals surface area contributed by atoms with Crippen molar-refractivity contribution in [1.29, 1.82) is 0 Å². The molecule has 8 nitrogen and oxygen atoms in total. The highest BCUT2D eigenvalue weighted by atomic mass is 32.1. The summed E-state index contributed by atoms with van der Waals surface area (Å²) in [6.07, 6.45) is 7.53. The van der Waals surface area contributed by atoms with E-state index in [-0.39, 0.29) is 18.4 Å². The maximum Gasteiger partial charge on any atom is 0.309 e. The minimum Gasteiger partial charge on any atom is -0.481 e. The van der Waals surface area contributed by atoms with Gasteiger partial charge in [-0.05, 0) is 65.0 Å². The normalized spacial score (nSPS) is 12.9. The van der Waals surface area contributed by atoms with Crippen LogP contribution in [0.4, 0.5) is 5.13 Å². The van der Waals surface area contributed by atoms with Crippen LogP contribution >= 0.6 is 11.3 Å².